The first kappa shape index (κ1) is 22.3. The first-order chi connectivity index (χ1) is 16.9. The van der Waals surface area contributed by atoms with Crippen molar-refractivity contribution in [2.45, 2.75) is 20.8 Å². The maximum absolute atomic E-state index is 13.4. The number of hydrogen-bond donors (Lipinski definition) is 3. The van der Waals surface area contributed by atoms with Crippen LogP contribution < -0.4 is 5.73 Å². The zero-order valence-corrected chi connectivity index (χ0v) is 19.7. The lowest BCUT2D eigenvalue weighted by Gasteiger charge is -2.08. The Labute approximate surface area is 202 Å². The average molecular weight is 465 g/mol. The van der Waals surface area contributed by atoms with Gasteiger partial charge in [0.05, 0.1) is 22.7 Å². The molecule has 0 saturated heterocycles. The summed E-state index contributed by atoms with van der Waals surface area (Å²) in [6, 6.07) is 12.4. The highest BCUT2D eigenvalue weighted by Crippen LogP contribution is 2.33. The van der Waals surface area contributed by atoms with Crippen molar-refractivity contribution in [1.29, 1.82) is 0 Å². The average Bonchev–Trinajstić information content (AvgIpc) is 3.47. The van der Waals surface area contributed by atoms with Crippen molar-refractivity contribution < 1.29 is 4.39 Å². The number of rotatable bonds is 5. The van der Waals surface area contributed by atoms with E-state index in [1.807, 2.05) is 19.1 Å². The molecule has 0 spiro atoms. The molecule has 0 fully saturated rings. The number of pyridine rings is 1. The number of hydrogen-bond acceptors (Lipinski definition) is 4. The Morgan fingerprint density at radius 3 is 2.51 bits per heavy atom. The molecule has 0 amide bonds. The second-order valence-electron chi connectivity index (χ2n) is 8.68. The summed E-state index contributed by atoms with van der Waals surface area (Å²) in [4.78, 5) is 12.5. The van der Waals surface area contributed by atoms with Gasteiger partial charge in [0.2, 0.25) is 0 Å². The molecule has 4 N–H and O–H groups in total. The van der Waals surface area contributed by atoms with Crippen LogP contribution in [0.15, 0.2) is 84.4 Å². The van der Waals surface area contributed by atoms with E-state index >= 15 is 0 Å². The Morgan fingerprint density at radius 2 is 1.77 bits per heavy atom. The van der Waals surface area contributed by atoms with Crippen LogP contribution in [0.4, 0.5) is 4.39 Å². The molecule has 0 bridgehead atoms. The lowest BCUT2D eigenvalue weighted by molar-refractivity contribution is 0.628. The van der Waals surface area contributed by atoms with Crippen molar-refractivity contribution in [2.24, 2.45) is 5.73 Å². The van der Waals surface area contributed by atoms with Gasteiger partial charge in [-0.15, -0.1) is 0 Å². The van der Waals surface area contributed by atoms with Gasteiger partial charge in [0.25, 0.3) is 0 Å². The van der Waals surface area contributed by atoms with E-state index in [1.54, 1.807) is 30.7 Å². The minimum absolute atomic E-state index is 0.285. The molecular weight excluding hydrogens is 439 g/mol. The van der Waals surface area contributed by atoms with E-state index in [0.717, 1.165) is 49.8 Å². The van der Waals surface area contributed by atoms with Gasteiger partial charge in [0.1, 0.15) is 11.5 Å². The molecule has 174 valence electrons. The number of H-pyrrole nitrogens is 2. The normalized spacial score (nSPS) is 12.5. The van der Waals surface area contributed by atoms with Crippen molar-refractivity contribution in [3.8, 4) is 22.6 Å². The molecule has 0 radical (unpaired) electrons. The Kier molecular flexibility index (Phi) is 5.74. The molecule has 0 aliphatic rings. The van der Waals surface area contributed by atoms with Crippen LogP contribution in [-0.4, -0.2) is 25.1 Å². The van der Waals surface area contributed by atoms with Gasteiger partial charge in [0.15, 0.2) is 5.82 Å². The molecule has 0 unspecified atom stereocenters. The van der Waals surface area contributed by atoms with Crippen molar-refractivity contribution in [3.63, 3.8) is 0 Å². The number of imidazole rings is 1. The van der Waals surface area contributed by atoms with Crippen LogP contribution in [0.25, 0.3) is 50.2 Å². The zero-order chi connectivity index (χ0) is 24.5. The van der Waals surface area contributed by atoms with E-state index < -0.39 is 0 Å². The highest BCUT2D eigenvalue weighted by molar-refractivity contribution is 5.98. The number of aromatic amines is 2. The predicted octanol–water partition coefficient (Wildman–Crippen LogP) is 6.52. The van der Waals surface area contributed by atoms with E-state index in [-0.39, 0.29) is 5.82 Å². The molecule has 5 aromatic rings. The third kappa shape index (κ3) is 4.24. The van der Waals surface area contributed by atoms with Gasteiger partial charge in [-0.25, -0.2) is 9.37 Å². The SMILES string of the molecule is CC(C)=C/C=C(C)\C(=C/N)c1ccc2[nH]nc(-c3nc4c(-c5ccc(F)cc5)cncc4[nH]3)c2c1. The molecule has 7 heteroatoms. The molecule has 6 nitrogen and oxygen atoms in total. The van der Waals surface area contributed by atoms with Gasteiger partial charge in [-0.05, 0) is 61.7 Å². The third-order valence-electron chi connectivity index (χ3n) is 5.91. The summed E-state index contributed by atoms with van der Waals surface area (Å²) >= 11 is 0. The maximum atomic E-state index is 13.4. The summed E-state index contributed by atoms with van der Waals surface area (Å²) < 4.78 is 13.4. The van der Waals surface area contributed by atoms with Gasteiger partial charge in [-0.3, -0.25) is 10.1 Å². The Morgan fingerprint density at radius 1 is 0.971 bits per heavy atom. The number of benzene rings is 2. The summed E-state index contributed by atoms with van der Waals surface area (Å²) in [7, 11) is 0. The fourth-order valence-electron chi connectivity index (χ4n) is 4.08. The van der Waals surface area contributed by atoms with Crippen LogP contribution in [0, 0.1) is 5.82 Å². The lowest BCUT2D eigenvalue weighted by atomic mass is 9.97. The van der Waals surface area contributed by atoms with Gasteiger partial charge < -0.3 is 10.7 Å². The fraction of sp³-hybridized carbons (Fsp3) is 0.107. The standard InChI is InChI=1S/C28H25FN6/c1-16(2)4-5-17(3)22(13-30)19-8-11-24-21(12-19)27(35-34-24)28-32-25-15-31-14-23(26(25)33-28)18-6-9-20(29)10-7-18/h4-15H,30H2,1-3H3,(H,32,33)(H,34,35)/b17-5-,22-13+. The fourth-order valence-corrected chi connectivity index (χ4v) is 4.08. The topological polar surface area (TPSA) is 96.3 Å². The minimum atomic E-state index is -0.285. The molecule has 35 heavy (non-hydrogen) atoms. The molecule has 0 atom stereocenters. The van der Waals surface area contributed by atoms with Crippen molar-refractivity contribution in [2.75, 3.05) is 0 Å². The van der Waals surface area contributed by atoms with Crippen LogP contribution in [0.1, 0.15) is 26.3 Å². The largest absolute Gasteiger partial charge is 0.404 e. The van der Waals surface area contributed by atoms with Crippen molar-refractivity contribution >= 4 is 27.5 Å². The van der Waals surface area contributed by atoms with Crippen molar-refractivity contribution in [3.05, 3.63) is 95.7 Å². The van der Waals surface area contributed by atoms with Gasteiger partial charge >= 0.3 is 0 Å². The highest BCUT2D eigenvalue weighted by atomic mass is 19.1. The van der Waals surface area contributed by atoms with Gasteiger partial charge in [-0.1, -0.05) is 35.9 Å². The first-order valence-electron chi connectivity index (χ1n) is 11.3. The number of nitrogens with zero attached hydrogens (tertiary/aromatic N) is 3. The number of fused-ring (bicyclic) bond motifs is 2. The Balaban J connectivity index is 1.61. The monoisotopic (exact) mass is 464 g/mol. The van der Waals surface area contributed by atoms with Crippen LogP contribution in [0.5, 0.6) is 0 Å². The van der Waals surface area contributed by atoms with Crippen LogP contribution >= 0.6 is 0 Å². The molecule has 3 aromatic heterocycles. The predicted molar refractivity (Wildman–Crippen MR) is 140 cm³/mol. The molecular formula is C28H25FN6. The third-order valence-corrected chi connectivity index (χ3v) is 5.91. The molecule has 3 heterocycles. The molecule has 2 aromatic carbocycles. The van der Waals surface area contributed by atoms with Gasteiger partial charge in [-0.2, -0.15) is 5.10 Å². The summed E-state index contributed by atoms with van der Waals surface area (Å²) in [6.07, 6.45) is 9.24. The summed E-state index contributed by atoms with van der Waals surface area (Å²) in [5, 5.41) is 8.56. The molecule has 0 aliphatic heterocycles. The Bertz CT molecular complexity index is 1630. The number of nitrogens with two attached hydrogens (primary N) is 1. The van der Waals surface area contributed by atoms with E-state index in [0.29, 0.717) is 11.5 Å². The number of nitrogens with one attached hydrogen (secondary N) is 2. The minimum Gasteiger partial charge on any atom is -0.404 e. The van der Waals surface area contributed by atoms with Gasteiger partial charge in [0, 0.05) is 28.9 Å². The van der Waals surface area contributed by atoms with E-state index in [9.17, 15) is 4.39 Å². The first-order valence-corrected chi connectivity index (χ1v) is 11.3. The summed E-state index contributed by atoms with van der Waals surface area (Å²) in [6.45, 7) is 6.16. The molecule has 5 rings (SSSR count). The maximum Gasteiger partial charge on any atom is 0.159 e. The quantitative estimate of drug-likeness (QED) is 0.258. The van der Waals surface area contributed by atoms with E-state index in [1.165, 1.54) is 17.7 Å². The van der Waals surface area contributed by atoms with Crippen LogP contribution in [0.3, 0.4) is 0 Å². The number of halogens is 1. The van der Waals surface area contributed by atoms with Crippen LogP contribution in [-0.2, 0) is 0 Å². The smallest absolute Gasteiger partial charge is 0.159 e. The van der Waals surface area contributed by atoms with Crippen molar-refractivity contribution in [1.82, 2.24) is 25.1 Å². The van der Waals surface area contributed by atoms with Crippen LogP contribution in [0.2, 0.25) is 0 Å². The lowest BCUT2D eigenvalue weighted by Crippen LogP contribution is -1.92. The molecule has 0 saturated carbocycles. The number of allylic oxidation sites excluding steroid dienone is 5. The molecule has 0 aliphatic carbocycles. The Hall–Kier alpha value is -4.52. The summed E-state index contributed by atoms with van der Waals surface area (Å²) in [5.41, 5.74) is 15.0. The second-order valence-corrected chi connectivity index (χ2v) is 8.68. The second kappa shape index (κ2) is 9.02. The van der Waals surface area contributed by atoms with E-state index in [4.69, 9.17) is 10.7 Å². The highest BCUT2D eigenvalue weighted by Gasteiger charge is 2.16. The number of aromatic nitrogens is 5. The zero-order valence-electron chi connectivity index (χ0n) is 19.7. The summed E-state index contributed by atoms with van der Waals surface area (Å²) in [5.74, 6) is 0.335. The van der Waals surface area contributed by atoms with E-state index in [2.05, 4.69) is 52.2 Å².